The van der Waals surface area contributed by atoms with Crippen molar-refractivity contribution in [3.63, 3.8) is 0 Å². The summed E-state index contributed by atoms with van der Waals surface area (Å²) in [7, 11) is 0. The van der Waals surface area contributed by atoms with Gasteiger partial charge in [0.1, 0.15) is 6.10 Å². The quantitative estimate of drug-likeness (QED) is 0.452. The highest BCUT2D eigenvalue weighted by atomic mass is 16.3. The van der Waals surface area contributed by atoms with E-state index in [0.717, 1.165) is 5.69 Å². The molecule has 2 heterocycles. The molecule has 1 aliphatic rings. The number of H-pyrrole nitrogens is 1. The summed E-state index contributed by atoms with van der Waals surface area (Å²) >= 11 is 0. The van der Waals surface area contributed by atoms with E-state index in [-0.39, 0.29) is 6.04 Å². The van der Waals surface area contributed by atoms with Crippen LogP contribution in [0.15, 0.2) is 18.3 Å². The molecule has 4 nitrogen and oxygen atoms in total. The number of aromatic amines is 1. The Kier molecular flexibility index (Phi) is 1.88. The lowest BCUT2D eigenvalue weighted by atomic mass is 10.1. The normalized spacial score (nSPS) is 35.7. The van der Waals surface area contributed by atoms with E-state index in [9.17, 15) is 10.2 Å². The lowest BCUT2D eigenvalue weighted by molar-refractivity contribution is 0.0399. The molecule has 1 aromatic heterocycles. The fraction of sp³-hybridized carbons (Fsp3) is 0.500. The molecule has 4 N–H and O–H groups in total. The van der Waals surface area contributed by atoms with Crippen LogP contribution in [0.5, 0.6) is 0 Å². The van der Waals surface area contributed by atoms with Crippen LogP contribution in [-0.4, -0.2) is 33.9 Å². The number of nitrogens with one attached hydrogen (secondary N) is 2. The smallest absolute Gasteiger partial charge is 0.102 e. The Morgan fingerprint density at radius 3 is 2.75 bits per heavy atom. The zero-order valence-electron chi connectivity index (χ0n) is 6.57. The average Bonchev–Trinajstić information content (AvgIpc) is 2.64. The van der Waals surface area contributed by atoms with Crippen molar-refractivity contribution in [1.82, 2.24) is 10.3 Å². The minimum absolute atomic E-state index is 0.157. The molecule has 4 heteroatoms. The summed E-state index contributed by atoms with van der Waals surface area (Å²) in [6.07, 6.45) is 0.441. The van der Waals surface area contributed by atoms with Crippen LogP contribution < -0.4 is 5.32 Å². The van der Waals surface area contributed by atoms with Crippen LogP contribution in [0.25, 0.3) is 0 Å². The van der Waals surface area contributed by atoms with Gasteiger partial charge in [-0.15, -0.1) is 0 Å². The molecular weight excluding hydrogens is 156 g/mol. The van der Waals surface area contributed by atoms with Crippen LogP contribution in [0, 0.1) is 0 Å². The summed E-state index contributed by atoms with van der Waals surface area (Å²) in [5, 5.41) is 21.8. The minimum Gasteiger partial charge on any atom is -0.389 e. The molecule has 1 fully saturated rings. The standard InChI is InChI=1S/C8H12N2O2/c11-6-4-10-7(8(6)12)5-2-1-3-9-5/h1-3,6-12H,4H2/t6-,7-,8+/m1/s1. The summed E-state index contributed by atoms with van der Waals surface area (Å²) in [4.78, 5) is 3.00. The van der Waals surface area contributed by atoms with Gasteiger partial charge in [0.25, 0.3) is 0 Å². The molecule has 0 spiro atoms. The maximum Gasteiger partial charge on any atom is 0.102 e. The number of β-amino-alcohol motifs (C(OH)–C–C–N with tert-alkyl or cyclic N) is 1. The molecule has 0 aromatic carbocycles. The molecule has 2 rings (SSSR count). The van der Waals surface area contributed by atoms with Crippen LogP contribution in [0.2, 0.25) is 0 Å². The van der Waals surface area contributed by atoms with Crippen molar-refractivity contribution in [1.29, 1.82) is 0 Å². The third-order valence-electron chi connectivity index (χ3n) is 2.24. The monoisotopic (exact) mass is 168 g/mol. The third-order valence-corrected chi connectivity index (χ3v) is 2.24. The molecule has 12 heavy (non-hydrogen) atoms. The number of rotatable bonds is 1. The first kappa shape index (κ1) is 7.79. The summed E-state index contributed by atoms with van der Waals surface area (Å²) in [6.45, 7) is 0.449. The topological polar surface area (TPSA) is 68.3 Å². The second-order valence-electron chi connectivity index (χ2n) is 3.07. The van der Waals surface area contributed by atoms with Crippen molar-refractivity contribution in [3.8, 4) is 0 Å². The van der Waals surface area contributed by atoms with Crippen molar-refractivity contribution >= 4 is 0 Å². The third kappa shape index (κ3) is 1.14. The van der Waals surface area contributed by atoms with Gasteiger partial charge in [-0.25, -0.2) is 0 Å². The molecular formula is C8H12N2O2. The Morgan fingerprint density at radius 1 is 1.42 bits per heavy atom. The highest BCUT2D eigenvalue weighted by molar-refractivity contribution is 5.13. The fourth-order valence-electron chi connectivity index (χ4n) is 1.54. The molecule has 0 saturated carbocycles. The van der Waals surface area contributed by atoms with E-state index in [1.165, 1.54) is 0 Å². The van der Waals surface area contributed by atoms with E-state index < -0.39 is 12.2 Å². The first-order valence-corrected chi connectivity index (χ1v) is 4.02. The Morgan fingerprint density at radius 2 is 2.25 bits per heavy atom. The van der Waals surface area contributed by atoms with Crippen LogP contribution in [-0.2, 0) is 0 Å². The first-order valence-electron chi connectivity index (χ1n) is 4.02. The summed E-state index contributed by atoms with van der Waals surface area (Å²) < 4.78 is 0. The van der Waals surface area contributed by atoms with Gasteiger partial charge in [-0.2, -0.15) is 0 Å². The van der Waals surface area contributed by atoms with Gasteiger partial charge in [0.05, 0.1) is 12.1 Å². The van der Waals surface area contributed by atoms with Crippen molar-refractivity contribution < 1.29 is 10.2 Å². The van der Waals surface area contributed by atoms with Crippen molar-refractivity contribution in [3.05, 3.63) is 24.0 Å². The van der Waals surface area contributed by atoms with Crippen LogP contribution >= 0.6 is 0 Å². The predicted molar refractivity (Wildman–Crippen MR) is 43.6 cm³/mol. The second-order valence-corrected chi connectivity index (χ2v) is 3.07. The lowest BCUT2D eigenvalue weighted by Crippen LogP contribution is -2.25. The maximum atomic E-state index is 9.50. The largest absolute Gasteiger partial charge is 0.389 e. The van der Waals surface area contributed by atoms with Gasteiger partial charge in [0.2, 0.25) is 0 Å². The molecule has 0 unspecified atom stereocenters. The van der Waals surface area contributed by atoms with E-state index in [2.05, 4.69) is 10.3 Å². The molecule has 0 aliphatic carbocycles. The first-order chi connectivity index (χ1) is 5.79. The highest BCUT2D eigenvalue weighted by Gasteiger charge is 2.34. The summed E-state index contributed by atoms with van der Waals surface area (Å²) in [6, 6.07) is 3.60. The number of aliphatic hydroxyl groups excluding tert-OH is 2. The molecule has 0 radical (unpaired) electrons. The van der Waals surface area contributed by atoms with Gasteiger partial charge in [0.15, 0.2) is 0 Å². The number of hydrogen-bond donors (Lipinski definition) is 4. The number of hydrogen-bond acceptors (Lipinski definition) is 3. The van der Waals surface area contributed by atoms with Gasteiger partial charge < -0.3 is 20.5 Å². The van der Waals surface area contributed by atoms with Gasteiger partial charge in [-0.05, 0) is 12.1 Å². The molecule has 3 atom stereocenters. The molecule has 0 bridgehead atoms. The molecule has 1 saturated heterocycles. The predicted octanol–water partition coefficient (Wildman–Crippen LogP) is -0.619. The zero-order chi connectivity index (χ0) is 8.55. The average molecular weight is 168 g/mol. The SMILES string of the molecule is O[C@H]1[C@H](O)CN[C@@H]1c1ccc[nH]1. The van der Waals surface area contributed by atoms with E-state index in [0.29, 0.717) is 6.54 Å². The Bertz CT molecular complexity index is 248. The van der Waals surface area contributed by atoms with Crippen LogP contribution in [0.3, 0.4) is 0 Å². The summed E-state index contributed by atoms with van der Waals surface area (Å²) in [5.41, 5.74) is 0.916. The van der Waals surface area contributed by atoms with Crippen molar-refractivity contribution in [2.75, 3.05) is 6.54 Å². The number of aliphatic hydroxyl groups is 2. The molecule has 1 aromatic rings. The fourth-order valence-corrected chi connectivity index (χ4v) is 1.54. The number of aromatic nitrogens is 1. The summed E-state index contributed by atoms with van der Waals surface area (Å²) in [5.74, 6) is 0. The zero-order valence-corrected chi connectivity index (χ0v) is 6.57. The van der Waals surface area contributed by atoms with E-state index in [1.54, 1.807) is 6.20 Å². The Hall–Kier alpha value is -0.840. The van der Waals surface area contributed by atoms with E-state index in [4.69, 9.17) is 0 Å². The van der Waals surface area contributed by atoms with Gasteiger partial charge >= 0.3 is 0 Å². The molecule has 0 amide bonds. The Labute approximate surface area is 70.2 Å². The van der Waals surface area contributed by atoms with Gasteiger partial charge in [-0.3, -0.25) is 0 Å². The van der Waals surface area contributed by atoms with E-state index >= 15 is 0 Å². The highest BCUT2D eigenvalue weighted by Crippen LogP contribution is 2.22. The van der Waals surface area contributed by atoms with Crippen molar-refractivity contribution in [2.45, 2.75) is 18.2 Å². The minimum atomic E-state index is -0.705. The van der Waals surface area contributed by atoms with Crippen LogP contribution in [0.1, 0.15) is 11.7 Å². The Balaban J connectivity index is 2.16. The van der Waals surface area contributed by atoms with E-state index in [1.807, 2.05) is 12.1 Å². The molecule has 1 aliphatic heterocycles. The lowest BCUT2D eigenvalue weighted by Gasteiger charge is -2.13. The molecule has 66 valence electrons. The van der Waals surface area contributed by atoms with Crippen molar-refractivity contribution in [2.24, 2.45) is 0 Å². The second kappa shape index (κ2) is 2.90. The van der Waals surface area contributed by atoms with Crippen LogP contribution in [0.4, 0.5) is 0 Å². The van der Waals surface area contributed by atoms with Gasteiger partial charge in [0, 0.05) is 18.4 Å². The van der Waals surface area contributed by atoms with Gasteiger partial charge in [-0.1, -0.05) is 0 Å². The maximum absolute atomic E-state index is 9.50.